The zero-order valence-corrected chi connectivity index (χ0v) is 29.2. The number of nitrogens with one attached hydrogen (secondary N) is 1. The van der Waals surface area contributed by atoms with Gasteiger partial charge in [-0.3, -0.25) is 9.58 Å². The monoisotopic (exact) mass is 707 g/mol. The van der Waals surface area contributed by atoms with E-state index < -0.39 is 16.1 Å². The number of sulfonamides is 1. The lowest BCUT2D eigenvalue weighted by Crippen LogP contribution is -2.42. The number of β-amino-alcohol motifs (C(OH)–C–C–N with tert-alkyl or cyclic N) is 1. The van der Waals surface area contributed by atoms with E-state index in [0.717, 1.165) is 59.1 Å². The van der Waals surface area contributed by atoms with Gasteiger partial charge in [0.05, 0.1) is 42.8 Å². The minimum Gasteiger partial charge on any atom is -0.390 e. The Kier molecular flexibility index (Phi) is 11.2. The van der Waals surface area contributed by atoms with Crippen LogP contribution in [0.2, 0.25) is 10.0 Å². The van der Waals surface area contributed by atoms with Crippen molar-refractivity contribution >= 4 is 33.2 Å². The van der Waals surface area contributed by atoms with Crippen LogP contribution in [0.4, 0.5) is 0 Å². The second kappa shape index (κ2) is 15.5. The summed E-state index contributed by atoms with van der Waals surface area (Å²) in [6, 6.07) is 21.5. The Bertz CT molecular complexity index is 1900. The molecule has 12 heteroatoms. The highest BCUT2D eigenvalue weighted by atomic mass is 35.5. The summed E-state index contributed by atoms with van der Waals surface area (Å²) in [5, 5.41) is 20.6. The molecule has 0 bridgehead atoms. The third-order valence-corrected chi connectivity index (χ3v) is 10.5. The number of hydrogen-bond acceptors (Lipinski definition) is 7. The molecule has 1 atom stereocenters. The molecule has 0 spiro atoms. The van der Waals surface area contributed by atoms with Gasteiger partial charge in [0.25, 0.3) is 0 Å². The molecule has 2 aliphatic rings. The molecule has 0 aliphatic carbocycles. The molecular weight excluding hydrogens is 669 g/mol. The van der Waals surface area contributed by atoms with Gasteiger partial charge in [0.2, 0.25) is 10.0 Å². The van der Waals surface area contributed by atoms with Crippen LogP contribution in [0.5, 0.6) is 0 Å². The topological polar surface area (TPSA) is 99.9 Å². The van der Waals surface area contributed by atoms with E-state index in [1.54, 1.807) is 6.07 Å². The Hall–Kier alpha value is -3.24. The molecule has 0 saturated carbocycles. The van der Waals surface area contributed by atoms with Crippen LogP contribution in [0.1, 0.15) is 33.5 Å². The van der Waals surface area contributed by atoms with Crippen molar-refractivity contribution in [3.8, 4) is 23.1 Å². The van der Waals surface area contributed by atoms with Crippen molar-refractivity contribution in [1.82, 2.24) is 24.3 Å². The van der Waals surface area contributed by atoms with Crippen molar-refractivity contribution in [2.75, 3.05) is 45.6 Å². The number of morpholine rings is 1. The van der Waals surface area contributed by atoms with Gasteiger partial charge >= 0.3 is 0 Å². The Morgan fingerprint density at radius 2 is 1.62 bits per heavy atom. The summed E-state index contributed by atoms with van der Waals surface area (Å²) in [4.78, 5) is 2.19. The standard InChI is InChI=1S/C36H39Cl2N5O4S/c1-48(45,46)42-15-14-35-33(25-42)36(40-43(35)24-32(44)23-41-16-18-47-19-17-41)30-10-13-34(38)29(20-30)9-6-26-2-4-27(5-3-26)21-39-22-28-7-11-31(37)12-8-28/h2-5,7-8,10-13,20,32,39,44H,14-19,21-25H2,1H3/t32-/m1/s1. The molecule has 1 saturated heterocycles. The number of ether oxygens (including phenoxy) is 1. The Morgan fingerprint density at radius 3 is 2.31 bits per heavy atom. The van der Waals surface area contributed by atoms with Gasteiger partial charge < -0.3 is 15.2 Å². The molecule has 1 fully saturated rings. The highest BCUT2D eigenvalue weighted by Gasteiger charge is 2.30. The largest absolute Gasteiger partial charge is 0.390 e. The number of fused-ring (bicyclic) bond motifs is 1. The molecule has 6 rings (SSSR count). The van der Waals surface area contributed by atoms with Crippen LogP contribution in [-0.2, 0) is 47.4 Å². The summed E-state index contributed by atoms with van der Waals surface area (Å²) >= 11 is 12.6. The van der Waals surface area contributed by atoms with E-state index in [0.29, 0.717) is 55.5 Å². The number of aliphatic hydroxyl groups is 1. The fourth-order valence-corrected chi connectivity index (χ4v) is 7.12. The van der Waals surface area contributed by atoms with Gasteiger partial charge in [0.1, 0.15) is 0 Å². The van der Waals surface area contributed by atoms with Gasteiger partial charge in [0.15, 0.2) is 0 Å². The molecule has 1 aromatic heterocycles. The Labute approximate surface area is 292 Å². The number of benzene rings is 3. The first-order valence-electron chi connectivity index (χ1n) is 16.0. The fourth-order valence-electron chi connectivity index (χ4n) is 6.04. The van der Waals surface area contributed by atoms with Crippen molar-refractivity contribution in [2.45, 2.75) is 38.7 Å². The van der Waals surface area contributed by atoms with Gasteiger partial charge in [-0.05, 0) is 47.5 Å². The minimum atomic E-state index is -3.40. The predicted molar refractivity (Wildman–Crippen MR) is 189 cm³/mol. The molecular formula is C36H39Cl2N5O4S. The molecule has 252 valence electrons. The highest BCUT2D eigenvalue weighted by molar-refractivity contribution is 7.88. The van der Waals surface area contributed by atoms with Crippen LogP contribution in [0.25, 0.3) is 11.3 Å². The summed E-state index contributed by atoms with van der Waals surface area (Å²) in [5.41, 5.74) is 7.07. The summed E-state index contributed by atoms with van der Waals surface area (Å²) in [5.74, 6) is 6.45. The second-order valence-electron chi connectivity index (χ2n) is 12.2. The molecule has 4 aromatic rings. The van der Waals surface area contributed by atoms with E-state index in [-0.39, 0.29) is 6.54 Å². The van der Waals surface area contributed by atoms with Crippen LogP contribution in [0, 0.1) is 11.8 Å². The minimum absolute atomic E-state index is 0.216. The molecule has 2 aliphatic heterocycles. The first-order chi connectivity index (χ1) is 23.1. The lowest BCUT2D eigenvalue weighted by atomic mass is 10.0. The van der Waals surface area contributed by atoms with Gasteiger partial charge in [-0.1, -0.05) is 65.4 Å². The number of nitrogens with zero attached hydrogens (tertiary/aromatic N) is 4. The van der Waals surface area contributed by atoms with Crippen LogP contribution in [-0.4, -0.2) is 84.3 Å². The van der Waals surface area contributed by atoms with Gasteiger partial charge in [-0.15, -0.1) is 0 Å². The highest BCUT2D eigenvalue weighted by Crippen LogP contribution is 2.33. The molecule has 3 aromatic carbocycles. The summed E-state index contributed by atoms with van der Waals surface area (Å²) in [6.45, 7) is 5.76. The van der Waals surface area contributed by atoms with E-state index in [9.17, 15) is 13.5 Å². The summed E-state index contributed by atoms with van der Waals surface area (Å²) in [7, 11) is -3.40. The molecule has 0 radical (unpaired) electrons. The number of hydrogen-bond donors (Lipinski definition) is 2. The maximum absolute atomic E-state index is 12.5. The molecule has 48 heavy (non-hydrogen) atoms. The molecule has 0 amide bonds. The third-order valence-electron chi connectivity index (χ3n) is 8.63. The number of aliphatic hydroxyl groups excluding tert-OH is 1. The lowest BCUT2D eigenvalue weighted by molar-refractivity contribution is 0.0106. The van der Waals surface area contributed by atoms with Crippen molar-refractivity contribution in [3.05, 3.63) is 110 Å². The molecule has 3 heterocycles. The maximum atomic E-state index is 12.5. The first-order valence-corrected chi connectivity index (χ1v) is 18.6. The SMILES string of the molecule is CS(=O)(=O)N1CCc2c(c(-c3ccc(Cl)c(C#Cc4ccc(CNCc5ccc(Cl)cc5)cc4)c3)nn2C[C@H](O)CN2CCOCC2)C1. The van der Waals surface area contributed by atoms with E-state index >= 15 is 0 Å². The maximum Gasteiger partial charge on any atom is 0.211 e. The van der Waals surface area contributed by atoms with Gasteiger partial charge in [-0.2, -0.15) is 9.40 Å². The normalized spacial score (nSPS) is 16.2. The molecule has 0 unspecified atom stereocenters. The van der Waals surface area contributed by atoms with Crippen LogP contribution >= 0.6 is 23.2 Å². The predicted octanol–water partition coefficient (Wildman–Crippen LogP) is 4.56. The average Bonchev–Trinajstić information content (AvgIpc) is 3.43. The van der Waals surface area contributed by atoms with E-state index in [1.807, 2.05) is 53.2 Å². The number of halogens is 2. The Balaban J connectivity index is 1.19. The van der Waals surface area contributed by atoms with Crippen molar-refractivity contribution in [1.29, 1.82) is 0 Å². The summed E-state index contributed by atoms with van der Waals surface area (Å²) < 4.78 is 33.8. The fraction of sp³-hybridized carbons (Fsp3) is 0.361. The van der Waals surface area contributed by atoms with Crippen molar-refractivity contribution < 1.29 is 18.3 Å². The van der Waals surface area contributed by atoms with E-state index in [2.05, 4.69) is 34.2 Å². The van der Waals surface area contributed by atoms with Crippen LogP contribution < -0.4 is 5.32 Å². The first kappa shape index (κ1) is 34.6. The van der Waals surface area contributed by atoms with Gasteiger partial charge in [0, 0.05) is 85.2 Å². The number of rotatable bonds is 10. The van der Waals surface area contributed by atoms with E-state index in [1.165, 1.54) is 16.1 Å². The second-order valence-corrected chi connectivity index (χ2v) is 15.1. The smallest absolute Gasteiger partial charge is 0.211 e. The summed E-state index contributed by atoms with van der Waals surface area (Å²) in [6.07, 6.45) is 1.10. The Morgan fingerprint density at radius 1 is 0.938 bits per heavy atom. The van der Waals surface area contributed by atoms with Gasteiger partial charge in [-0.25, -0.2) is 8.42 Å². The van der Waals surface area contributed by atoms with E-state index in [4.69, 9.17) is 33.0 Å². The zero-order chi connectivity index (χ0) is 33.7. The number of aromatic nitrogens is 2. The quantitative estimate of drug-likeness (QED) is 0.233. The third kappa shape index (κ3) is 8.86. The zero-order valence-electron chi connectivity index (χ0n) is 26.8. The van der Waals surface area contributed by atoms with Crippen molar-refractivity contribution in [3.63, 3.8) is 0 Å². The molecule has 2 N–H and O–H groups in total. The lowest BCUT2D eigenvalue weighted by Gasteiger charge is -2.29. The average molecular weight is 709 g/mol. The molecule has 9 nitrogen and oxygen atoms in total. The van der Waals surface area contributed by atoms with Crippen LogP contribution in [0.3, 0.4) is 0 Å². The van der Waals surface area contributed by atoms with Crippen molar-refractivity contribution in [2.24, 2.45) is 0 Å². The van der Waals surface area contributed by atoms with Crippen LogP contribution in [0.15, 0.2) is 66.7 Å².